The zero-order valence-electron chi connectivity index (χ0n) is 25.1. The number of ether oxygens (including phenoxy) is 8. The van der Waals surface area contributed by atoms with Crippen molar-refractivity contribution in [2.24, 2.45) is 0 Å². The lowest BCUT2D eigenvalue weighted by atomic mass is 9.87. The highest BCUT2D eigenvalue weighted by atomic mass is 16.7. The molecule has 0 saturated heterocycles. The predicted molar refractivity (Wildman–Crippen MR) is 161 cm³/mol. The molecule has 0 atom stereocenters. The summed E-state index contributed by atoms with van der Waals surface area (Å²) in [6.07, 6.45) is 0. The molecule has 0 unspecified atom stereocenters. The standard InChI is InChI=1S/C34H26O12/c1-39-19-5-17(6-20(9-19)40-2)31(35)33(37)25-13-29-27(43-15-45-29)11-23(25)24-12-28-30(46-16-44-28)14-26(24)34(38)32(36)18-7-21(41-3)10-22(8-18)42-4/h5-14H,15-16H2,1-4H3. The van der Waals surface area contributed by atoms with E-state index in [0.29, 0.717) is 23.0 Å². The molecule has 0 amide bonds. The van der Waals surface area contributed by atoms with E-state index in [2.05, 4.69) is 0 Å². The van der Waals surface area contributed by atoms with Gasteiger partial charge in [-0.1, -0.05) is 0 Å². The predicted octanol–water partition coefficient (Wildman–Crippen LogP) is 4.98. The fourth-order valence-electron chi connectivity index (χ4n) is 5.09. The lowest BCUT2D eigenvalue weighted by molar-refractivity contribution is 0.0815. The molecule has 4 aromatic rings. The molecule has 0 bridgehead atoms. The molecule has 6 rings (SSSR count). The van der Waals surface area contributed by atoms with Gasteiger partial charge in [-0.05, 0) is 59.7 Å². The molecule has 46 heavy (non-hydrogen) atoms. The van der Waals surface area contributed by atoms with Gasteiger partial charge in [0.25, 0.3) is 0 Å². The van der Waals surface area contributed by atoms with Crippen LogP contribution >= 0.6 is 0 Å². The van der Waals surface area contributed by atoms with Crippen LogP contribution in [0.3, 0.4) is 0 Å². The Bertz CT molecular complexity index is 1740. The number of Topliss-reactive ketones (excluding diaryl/α,β-unsaturated/α-hetero) is 4. The molecule has 2 heterocycles. The number of rotatable bonds is 11. The van der Waals surface area contributed by atoms with Crippen molar-refractivity contribution in [2.45, 2.75) is 0 Å². The first kappa shape index (κ1) is 30.0. The fraction of sp³-hybridized carbons (Fsp3) is 0.176. The minimum atomic E-state index is -0.927. The molecule has 0 saturated carbocycles. The summed E-state index contributed by atoms with van der Waals surface area (Å²) < 4.78 is 43.3. The van der Waals surface area contributed by atoms with Gasteiger partial charge in [-0.2, -0.15) is 0 Å². The number of ketones is 4. The lowest BCUT2D eigenvalue weighted by Gasteiger charge is -2.15. The van der Waals surface area contributed by atoms with Crippen LogP contribution in [-0.4, -0.2) is 65.2 Å². The summed E-state index contributed by atoms with van der Waals surface area (Å²) in [7, 11) is 5.67. The Labute approximate surface area is 262 Å². The van der Waals surface area contributed by atoms with Gasteiger partial charge in [0.15, 0.2) is 23.0 Å². The summed E-state index contributed by atoms with van der Waals surface area (Å²) in [5.41, 5.74) is 0.0343. The molecule has 234 valence electrons. The highest BCUT2D eigenvalue weighted by Gasteiger charge is 2.32. The highest BCUT2D eigenvalue weighted by molar-refractivity contribution is 6.52. The monoisotopic (exact) mass is 626 g/mol. The van der Waals surface area contributed by atoms with Gasteiger partial charge in [0.05, 0.1) is 28.4 Å². The minimum Gasteiger partial charge on any atom is -0.497 e. The van der Waals surface area contributed by atoms with E-state index in [-0.39, 0.29) is 70.0 Å². The highest BCUT2D eigenvalue weighted by Crippen LogP contribution is 2.44. The first-order chi connectivity index (χ1) is 22.2. The Morgan fingerprint density at radius 3 is 1.04 bits per heavy atom. The van der Waals surface area contributed by atoms with Gasteiger partial charge in [-0.15, -0.1) is 0 Å². The second-order valence-electron chi connectivity index (χ2n) is 10.0. The quantitative estimate of drug-likeness (QED) is 0.164. The number of hydrogen-bond acceptors (Lipinski definition) is 12. The average Bonchev–Trinajstić information content (AvgIpc) is 3.77. The first-order valence-corrected chi connectivity index (χ1v) is 13.8. The smallest absolute Gasteiger partial charge is 0.234 e. The summed E-state index contributed by atoms with van der Waals surface area (Å²) in [5, 5.41) is 0. The molecule has 0 fully saturated rings. The van der Waals surface area contributed by atoms with Crippen molar-refractivity contribution in [3.05, 3.63) is 82.9 Å². The second-order valence-corrected chi connectivity index (χ2v) is 10.0. The Morgan fingerprint density at radius 2 is 0.739 bits per heavy atom. The van der Waals surface area contributed by atoms with Crippen LogP contribution in [0.5, 0.6) is 46.0 Å². The molecule has 12 nitrogen and oxygen atoms in total. The molecule has 0 N–H and O–H groups in total. The Balaban J connectivity index is 1.50. The topological polar surface area (TPSA) is 142 Å². The van der Waals surface area contributed by atoms with E-state index < -0.39 is 23.1 Å². The maximum absolute atomic E-state index is 14.0. The first-order valence-electron chi connectivity index (χ1n) is 13.8. The molecular weight excluding hydrogens is 600 g/mol. The van der Waals surface area contributed by atoms with Crippen LogP contribution in [0.25, 0.3) is 11.1 Å². The molecule has 0 radical (unpaired) electrons. The third kappa shape index (κ3) is 5.40. The molecule has 2 aliphatic rings. The van der Waals surface area contributed by atoms with Gasteiger partial charge in [-0.3, -0.25) is 19.2 Å². The number of hydrogen-bond donors (Lipinski definition) is 0. The van der Waals surface area contributed by atoms with Crippen molar-refractivity contribution in [3.8, 4) is 57.1 Å². The van der Waals surface area contributed by atoms with Crippen molar-refractivity contribution < 1.29 is 57.1 Å². The van der Waals surface area contributed by atoms with Crippen LogP contribution in [0, 0.1) is 0 Å². The van der Waals surface area contributed by atoms with E-state index in [9.17, 15) is 19.2 Å². The second kappa shape index (κ2) is 12.2. The number of benzene rings is 4. The van der Waals surface area contributed by atoms with Gasteiger partial charge in [0, 0.05) is 34.4 Å². The van der Waals surface area contributed by atoms with Crippen molar-refractivity contribution in [3.63, 3.8) is 0 Å². The molecule has 0 aliphatic carbocycles. The summed E-state index contributed by atoms with van der Waals surface area (Å²) in [6.45, 7) is -0.257. The lowest BCUT2D eigenvalue weighted by Crippen LogP contribution is -2.18. The molecule has 12 heteroatoms. The van der Waals surface area contributed by atoms with E-state index in [1.807, 2.05) is 0 Å². The third-order valence-electron chi connectivity index (χ3n) is 7.44. The van der Waals surface area contributed by atoms with E-state index in [1.54, 1.807) is 12.1 Å². The van der Waals surface area contributed by atoms with Crippen LogP contribution in [-0.2, 0) is 0 Å². The summed E-state index contributed by atoms with van der Waals surface area (Å²) in [5.74, 6) is -1.44. The molecule has 0 spiro atoms. The van der Waals surface area contributed by atoms with Crippen LogP contribution in [0.15, 0.2) is 60.7 Å². The summed E-state index contributed by atoms with van der Waals surface area (Å²) >= 11 is 0. The van der Waals surface area contributed by atoms with Gasteiger partial charge in [0.2, 0.25) is 36.7 Å². The van der Waals surface area contributed by atoms with Gasteiger partial charge in [0.1, 0.15) is 23.0 Å². The van der Waals surface area contributed by atoms with Crippen molar-refractivity contribution >= 4 is 23.1 Å². The van der Waals surface area contributed by atoms with Crippen LogP contribution < -0.4 is 37.9 Å². The van der Waals surface area contributed by atoms with E-state index >= 15 is 0 Å². The molecule has 2 aliphatic heterocycles. The third-order valence-corrected chi connectivity index (χ3v) is 7.44. The average molecular weight is 627 g/mol. The van der Waals surface area contributed by atoms with Gasteiger partial charge in [-0.25, -0.2) is 0 Å². The normalized spacial score (nSPS) is 12.3. The number of carbonyl (C=O) groups is 4. The minimum absolute atomic E-state index is 0.00829. The number of carbonyl (C=O) groups excluding carboxylic acids is 4. The van der Waals surface area contributed by atoms with Crippen molar-refractivity contribution in [2.75, 3.05) is 42.0 Å². The van der Waals surface area contributed by atoms with E-state index in [1.165, 1.54) is 77.0 Å². The largest absolute Gasteiger partial charge is 0.497 e. The Hall–Kier alpha value is -6.04. The molecular formula is C34H26O12. The van der Waals surface area contributed by atoms with Crippen molar-refractivity contribution in [1.82, 2.24) is 0 Å². The summed E-state index contributed by atoms with van der Waals surface area (Å²) in [6, 6.07) is 14.4. The maximum atomic E-state index is 14.0. The van der Waals surface area contributed by atoms with Crippen LogP contribution in [0.1, 0.15) is 41.4 Å². The number of methoxy groups -OCH3 is 4. The Morgan fingerprint density at radius 1 is 0.435 bits per heavy atom. The van der Waals surface area contributed by atoms with Crippen LogP contribution in [0.2, 0.25) is 0 Å². The van der Waals surface area contributed by atoms with Crippen LogP contribution in [0.4, 0.5) is 0 Å². The maximum Gasteiger partial charge on any atom is 0.234 e. The van der Waals surface area contributed by atoms with Gasteiger partial charge >= 0.3 is 0 Å². The van der Waals surface area contributed by atoms with Gasteiger partial charge < -0.3 is 37.9 Å². The van der Waals surface area contributed by atoms with E-state index in [0.717, 1.165) is 0 Å². The number of fused-ring (bicyclic) bond motifs is 2. The molecule has 0 aromatic heterocycles. The fourth-order valence-corrected chi connectivity index (χ4v) is 5.09. The van der Waals surface area contributed by atoms with Crippen molar-refractivity contribution in [1.29, 1.82) is 0 Å². The summed E-state index contributed by atoms with van der Waals surface area (Å²) in [4.78, 5) is 55.3. The molecule has 4 aromatic carbocycles. The zero-order valence-corrected chi connectivity index (χ0v) is 25.1. The zero-order chi connectivity index (χ0) is 32.5. The van der Waals surface area contributed by atoms with E-state index in [4.69, 9.17) is 37.9 Å². The Kier molecular flexibility index (Phi) is 7.93. The SMILES string of the molecule is COc1cc(OC)cc(C(=O)C(=O)c2cc3c(cc2-c2cc4c(cc2C(=O)C(=O)c2cc(OC)cc(OC)c2)OCO4)OCO3)c1.